The number of ether oxygens (including phenoxy) is 1. The van der Waals surface area contributed by atoms with Crippen molar-refractivity contribution in [2.75, 3.05) is 5.32 Å². The van der Waals surface area contributed by atoms with Gasteiger partial charge in [-0.25, -0.2) is 4.98 Å². The number of rotatable bonds is 4. The zero-order chi connectivity index (χ0) is 16.2. The fourth-order valence-electron chi connectivity index (χ4n) is 1.39. The normalized spacial score (nSPS) is 10.9. The highest BCUT2D eigenvalue weighted by Gasteiger charge is 2.33. The molecule has 0 radical (unpaired) electrons. The number of carbonyl (C=O) groups is 1. The van der Waals surface area contributed by atoms with Crippen molar-refractivity contribution in [3.63, 3.8) is 0 Å². The minimum Gasteiger partial charge on any atom is -0.423 e. The number of nitrogens with zero attached hydrogens (tertiary/aromatic N) is 3. The van der Waals surface area contributed by atoms with Crippen LogP contribution < -0.4 is 10.1 Å². The standard InChI is InChI=1S/C13H9F3N4O2/c1-2-11(21)19-8-5-9(7-17-6-8)22-12-18-4-3-10(20-12)13(14,15)16/h2-7H,1H2,(H,19,21). The van der Waals surface area contributed by atoms with Crippen LogP contribution in [-0.4, -0.2) is 20.9 Å². The molecular weight excluding hydrogens is 301 g/mol. The Bertz CT molecular complexity index is 704. The molecule has 22 heavy (non-hydrogen) atoms. The van der Waals surface area contributed by atoms with Crippen molar-refractivity contribution >= 4 is 11.6 Å². The van der Waals surface area contributed by atoms with Crippen LogP contribution >= 0.6 is 0 Å². The van der Waals surface area contributed by atoms with Crippen LogP contribution in [0.1, 0.15) is 5.69 Å². The molecule has 0 aliphatic carbocycles. The second-order valence-electron chi connectivity index (χ2n) is 3.93. The largest absolute Gasteiger partial charge is 0.433 e. The van der Waals surface area contributed by atoms with E-state index in [2.05, 4.69) is 26.8 Å². The molecule has 0 fully saturated rings. The maximum absolute atomic E-state index is 12.5. The van der Waals surface area contributed by atoms with E-state index in [1.807, 2.05) is 0 Å². The van der Waals surface area contributed by atoms with Crippen molar-refractivity contribution in [3.05, 3.63) is 49.1 Å². The summed E-state index contributed by atoms with van der Waals surface area (Å²) in [5, 5.41) is 2.43. The van der Waals surface area contributed by atoms with Gasteiger partial charge in [-0.1, -0.05) is 6.58 Å². The van der Waals surface area contributed by atoms with Gasteiger partial charge in [0.1, 0.15) is 0 Å². The van der Waals surface area contributed by atoms with Crippen LogP contribution in [0.4, 0.5) is 18.9 Å². The maximum atomic E-state index is 12.5. The number of anilines is 1. The topological polar surface area (TPSA) is 77.0 Å². The van der Waals surface area contributed by atoms with E-state index in [1.54, 1.807) is 0 Å². The molecule has 0 spiro atoms. The van der Waals surface area contributed by atoms with Gasteiger partial charge in [0.05, 0.1) is 18.1 Å². The lowest BCUT2D eigenvalue weighted by atomic mass is 10.4. The van der Waals surface area contributed by atoms with E-state index in [0.29, 0.717) is 0 Å². The molecule has 2 rings (SSSR count). The summed E-state index contributed by atoms with van der Waals surface area (Å²) in [6.45, 7) is 3.29. The molecule has 2 aromatic rings. The fourth-order valence-corrected chi connectivity index (χ4v) is 1.39. The minimum atomic E-state index is -4.60. The molecule has 0 bridgehead atoms. The minimum absolute atomic E-state index is 0.0705. The quantitative estimate of drug-likeness (QED) is 0.879. The predicted molar refractivity (Wildman–Crippen MR) is 70.2 cm³/mol. The lowest BCUT2D eigenvalue weighted by Gasteiger charge is -2.08. The van der Waals surface area contributed by atoms with Gasteiger partial charge in [0.25, 0.3) is 0 Å². The number of carbonyl (C=O) groups excluding carboxylic acids is 1. The van der Waals surface area contributed by atoms with E-state index in [-0.39, 0.29) is 11.4 Å². The molecule has 2 heterocycles. The Hall–Kier alpha value is -2.97. The average molecular weight is 310 g/mol. The molecule has 0 unspecified atom stereocenters. The monoisotopic (exact) mass is 310 g/mol. The number of alkyl halides is 3. The van der Waals surface area contributed by atoms with Crippen LogP contribution in [-0.2, 0) is 11.0 Å². The number of aromatic nitrogens is 3. The van der Waals surface area contributed by atoms with E-state index >= 15 is 0 Å². The summed E-state index contributed by atoms with van der Waals surface area (Å²) < 4.78 is 42.7. The average Bonchev–Trinajstić information content (AvgIpc) is 2.47. The van der Waals surface area contributed by atoms with Crippen LogP contribution in [0.15, 0.2) is 43.4 Å². The van der Waals surface area contributed by atoms with Gasteiger partial charge >= 0.3 is 12.2 Å². The first-order valence-corrected chi connectivity index (χ1v) is 5.85. The second kappa shape index (κ2) is 6.20. The summed E-state index contributed by atoms with van der Waals surface area (Å²) in [7, 11) is 0. The lowest BCUT2D eigenvalue weighted by Crippen LogP contribution is -2.09. The predicted octanol–water partition coefficient (Wildman–Crippen LogP) is 2.81. The molecule has 0 saturated heterocycles. The smallest absolute Gasteiger partial charge is 0.423 e. The number of halogens is 3. The van der Waals surface area contributed by atoms with Gasteiger partial charge in [-0.2, -0.15) is 18.2 Å². The van der Waals surface area contributed by atoms with Crippen molar-refractivity contribution in [3.8, 4) is 11.8 Å². The van der Waals surface area contributed by atoms with Gasteiger partial charge in [0, 0.05) is 12.3 Å². The van der Waals surface area contributed by atoms with Crippen LogP contribution in [0, 0.1) is 0 Å². The van der Waals surface area contributed by atoms with Crippen molar-refractivity contribution in [1.29, 1.82) is 0 Å². The molecule has 0 aromatic carbocycles. The number of amides is 1. The summed E-state index contributed by atoms with van der Waals surface area (Å²) >= 11 is 0. The van der Waals surface area contributed by atoms with Crippen molar-refractivity contribution in [2.24, 2.45) is 0 Å². The van der Waals surface area contributed by atoms with Gasteiger partial charge in [-0.3, -0.25) is 9.78 Å². The molecule has 1 amide bonds. The summed E-state index contributed by atoms with van der Waals surface area (Å²) in [6, 6.07) is 1.60. The number of nitrogens with one attached hydrogen (secondary N) is 1. The zero-order valence-corrected chi connectivity index (χ0v) is 11.0. The molecule has 0 aliphatic rings. The van der Waals surface area contributed by atoms with Crippen LogP contribution in [0.2, 0.25) is 0 Å². The molecule has 0 saturated carbocycles. The highest BCUT2D eigenvalue weighted by Crippen LogP contribution is 2.29. The number of hydrogen-bond donors (Lipinski definition) is 1. The van der Waals surface area contributed by atoms with E-state index in [4.69, 9.17) is 4.74 Å². The molecule has 1 N–H and O–H groups in total. The second-order valence-corrected chi connectivity index (χ2v) is 3.93. The van der Waals surface area contributed by atoms with Crippen molar-refractivity contribution in [2.45, 2.75) is 6.18 Å². The van der Waals surface area contributed by atoms with Crippen LogP contribution in [0.25, 0.3) is 0 Å². The Morgan fingerprint density at radius 1 is 1.36 bits per heavy atom. The molecule has 2 aromatic heterocycles. The first-order chi connectivity index (χ1) is 10.4. The Balaban J connectivity index is 2.19. The Morgan fingerprint density at radius 2 is 2.14 bits per heavy atom. The molecule has 0 atom stereocenters. The molecule has 114 valence electrons. The number of pyridine rings is 1. The van der Waals surface area contributed by atoms with E-state index in [9.17, 15) is 18.0 Å². The highest BCUT2D eigenvalue weighted by atomic mass is 19.4. The molecule has 9 heteroatoms. The maximum Gasteiger partial charge on any atom is 0.433 e. The SMILES string of the molecule is C=CC(=O)Nc1cncc(Oc2nccc(C(F)(F)F)n2)c1. The summed E-state index contributed by atoms with van der Waals surface area (Å²) in [4.78, 5) is 21.8. The Labute approximate surface area is 122 Å². The molecular formula is C13H9F3N4O2. The third kappa shape index (κ3) is 4.01. The third-order valence-electron chi connectivity index (χ3n) is 2.30. The van der Waals surface area contributed by atoms with Gasteiger partial charge in [0.2, 0.25) is 5.91 Å². The third-order valence-corrected chi connectivity index (χ3v) is 2.30. The van der Waals surface area contributed by atoms with Gasteiger partial charge in [-0.05, 0) is 12.1 Å². The highest BCUT2D eigenvalue weighted by molar-refractivity contribution is 5.98. The Kier molecular flexibility index (Phi) is 4.35. The summed E-state index contributed by atoms with van der Waals surface area (Å²) in [5.74, 6) is -0.393. The van der Waals surface area contributed by atoms with Gasteiger partial charge in [-0.15, -0.1) is 0 Å². The summed E-state index contributed by atoms with van der Waals surface area (Å²) in [6.07, 6.45) is -0.0289. The van der Waals surface area contributed by atoms with Crippen molar-refractivity contribution in [1.82, 2.24) is 15.0 Å². The van der Waals surface area contributed by atoms with E-state index in [0.717, 1.165) is 18.3 Å². The van der Waals surface area contributed by atoms with Gasteiger partial charge < -0.3 is 10.1 Å². The molecule has 0 aliphatic heterocycles. The first kappa shape index (κ1) is 15.4. The van der Waals surface area contributed by atoms with E-state index in [1.165, 1.54) is 18.5 Å². The first-order valence-electron chi connectivity index (χ1n) is 5.85. The van der Waals surface area contributed by atoms with Crippen LogP contribution in [0.3, 0.4) is 0 Å². The van der Waals surface area contributed by atoms with E-state index < -0.39 is 23.8 Å². The lowest BCUT2D eigenvalue weighted by molar-refractivity contribution is -0.141. The van der Waals surface area contributed by atoms with Crippen molar-refractivity contribution < 1.29 is 22.7 Å². The fraction of sp³-hybridized carbons (Fsp3) is 0.0769. The number of hydrogen-bond acceptors (Lipinski definition) is 5. The zero-order valence-electron chi connectivity index (χ0n) is 11.0. The molecule has 6 nitrogen and oxygen atoms in total. The Morgan fingerprint density at radius 3 is 2.82 bits per heavy atom. The van der Waals surface area contributed by atoms with Crippen LogP contribution in [0.5, 0.6) is 11.8 Å². The summed E-state index contributed by atoms with van der Waals surface area (Å²) in [5.41, 5.74) is -0.837. The van der Waals surface area contributed by atoms with Gasteiger partial charge in [0.15, 0.2) is 11.4 Å².